The van der Waals surface area contributed by atoms with Crippen LogP contribution in [0.4, 0.5) is 4.79 Å². The molecule has 2 fully saturated rings. The predicted octanol–water partition coefficient (Wildman–Crippen LogP) is 8.53. The van der Waals surface area contributed by atoms with Crippen LogP contribution in [0.3, 0.4) is 0 Å². The summed E-state index contributed by atoms with van der Waals surface area (Å²) in [5.74, 6) is 1.98. The molecule has 7 N–H and O–H groups in total. The Morgan fingerprint density at radius 1 is 0.642 bits per heavy atom. The van der Waals surface area contributed by atoms with Crippen LogP contribution in [0.25, 0.3) is 22.5 Å². The molecule has 0 spiro atoms. The summed E-state index contributed by atoms with van der Waals surface area (Å²) in [6.07, 6.45) is 1.53. The minimum absolute atomic E-state index is 0.0539. The highest BCUT2D eigenvalue weighted by Crippen LogP contribution is 2.32. The van der Waals surface area contributed by atoms with Crippen molar-refractivity contribution in [3.05, 3.63) is 155 Å². The van der Waals surface area contributed by atoms with Crippen LogP contribution >= 0.6 is 0 Å². The quantitative estimate of drug-likeness (QED) is 0.0866. The molecule has 2 aliphatic rings. The van der Waals surface area contributed by atoms with E-state index in [-0.39, 0.29) is 29.6 Å². The zero-order chi connectivity index (χ0) is 47.7. The van der Waals surface area contributed by atoms with Crippen molar-refractivity contribution < 1.29 is 28.6 Å². The minimum atomic E-state index is -0.557. The molecule has 2 aromatic heterocycles. The molecule has 2 unspecified atom stereocenters. The molecule has 0 aliphatic carbocycles. The number of rotatable bonds is 13. The number of alkyl carbamates (subject to hydrolysis) is 1. The third-order valence-electron chi connectivity index (χ3n) is 11.3. The molecule has 0 bridgehead atoms. The second-order valence-corrected chi connectivity index (χ2v) is 18.2. The Hall–Kier alpha value is -7.13. The normalized spacial score (nSPS) is 16.1. The number of amides is 3. The Morgan fingerprint density at radius 3 is 1.54 bits per heavy atom. The molecule has 0 radical (unpaired) electrons. The highest BCUT2D eigenvalue weighted by atomic mass is 16.6. The van der Waals surface area contributed by atoms with Gasteiger partial charge in [-0.25, -0.2) is 14.8 Å². The second-order valence-electron chi connectivity index (χ2n) is 18.2. The smallest absolute Gasteiger partial charge is 0.407 e. The van der Waals surface area contributed by atoms with Gasteiger partial charge in [-0.05, 0) is 132 Å². The molecule has 0 saturated carbocycles. The van der Waals surface area contributed by atoms with Crippen molar-refractivity contribution in [3.63, 3.8) is 0 Å². The standard InChI is InChI=1S/C29H34N4O4.C24H26N4O2/c1-19-8-13-26(21(16-19)17-33-15-14-22(18-33)31-28(35)37-29(2,3)4)36-23-11-9-20(10-12-23)24-6-5-7-25(32-24)27(30)34;1-16-5-10-23(18(13-16)14-28-12-11-19(25)15-28)30-20-8-6-17(7-9-20)21-3-2-4-22(27-21)24(26)29/h5-13,16,22H,14-15,17-18H2,1-4H3,(H2,30,34)(H,31,35);2-10,13,19H,11-12,14-15,25H2,1H3,(H2,26,29). The van der Waals surface area contributed by atoms with Gasteiger partial charge in [0, 0.05) is 73.6 Å². The molecule has 2 atom stereocenters. The first-order valence-corrected chi connectivity index (χ1v) is 22.5. The number of nitrogens with zero attached hydrogens (tertiary/aromatic N) is 4. The van der Waals surface area contributed by atoms with Crippen molar-refractivity contribution in [2.24, 2.45) is 17.2 Å². The number of carbonyl (C=O) groups is 3. The van der Waals surface area contributed by atoms with Crippen LogP contribution in [0, 0.1) is 13.8 Å². The molecule has 2 aliphatic heterocycles. The zero-order valence-electron chi connectivity index (χ0n) is 38.8. The zero-order valence-corrected chi connectivity index (χ0v) is 38.8. The van der Waals surface area contributed by atoms with Crippen LogP contribution in [0.2, 0.25) is 0 Å². The van der Waals surface area contributed by atoms with Crippen LogP contribution in [0.15, 0.2) is 121 Å². The average Bonchev–Trinajstić information content (AvgIpc) is 3.92. The van der Waals surface area contributed by atoms with Crippen molar-refractivity contribution in [2.75, 3.05) is 26.2 Å². The van der Waals surface area contributed by atoms with Gasteiger partial charge in [0.25, 0.3) is 11.8 Å². The van der Waals surface area contributed by atoms with E-state index < -0.39 is 17.4 Å². The fourth-order valence-corrected chi connectivity index (χ4v) is 8.03. The number of pyridine rings is 2. The van der Waals surface area contributed by atoms with E-state index in [1.165, 1.54) is 5.56 Å². The number of nitrogens with one attached hydrogen (secondary N) is 1. The highest BCUT2D eigenvalue weighted by molar-refractivity contribution is 5.91. The molecule has 3 amide bonds. The third-order valence-corrected chi connectivity index (χ3v) is 11.3. The van der Waals surface area contributed by atoms with Gasteiger partial charge in [0.2, 0.25) is 0 Å². The molecule has 67 heavy (non-hydrogen) atoms. The van der Waals surface area contributed by atoms with E-state index in [0.717, 1.165) is 90.6 Å². The number of aryl methyl sites for hydroxylation is 2. The summed E-state index contributed by atoms with van der Waals surface area (Å²) in [6, 6.07) is 38.4. The Balaban J connectivity index is 0.000000203. The van der Waals surface area contributed by atoms with E-state index in [1.54, 1.807) is 24.3 Å². The molecular formula is C53H60N8O6. The largest absolute Gasteiger partial charge is 0.457 e. The van der Waals surface area contributed by atoms with Crippen LogP contribution in [0.5, 0.6) is 23.0 Å². The highest BCUT2D eigenvalue weighted by Gasteiger charge is 2.27. The van der Waals surface area contributed by atoms with Gasteiger partial charge < -0.3 is 36.7 Å². The summed E-state index contributed by atoms with van der Waals surface area (Å²) >= 11 is 0. The van der Waals surface area contributed by atoms with Crippen molar-refractivity contribution in [3.8, 4) is 45.5 Å². The van der Waals surface area contributed by atoms with Crippen molar-refractivity contribution >= 4 is 17.9 Å². The number of hydrogen-bond donors (Lipinski definition) is 4. The summed E-state index contributed by atoms with van der Waals surface area (Å²) in [5.41, 5.74) is 24.4. The SMILES string of the molecule is Cc1ccc(Oc2ccc(-c3cccc(C(N)=O)n3)cc2)c(CN2CCC(N)C2)c1.Cc1ccc(Oc2ccc(-c3cccc(C(N)=O)n3)cc2)c(CN2CCC(NC(=O)OC(C)(C)C)C2)c1. The first-order chi connectivity index (χ1) is 32.0. The number of aromatic nitrogens is 2. The van der Waals surface area contributed by atoms with E-state index in [0.29, 0.717) is 23.7 Å². The molecule has 4 aromatic carbocycles. The fraction of sp³-hybridized carbons (Fsp3) is 0.302. The average molecular weight is 905 g/mol. The molecular weight excluding hydrogens is 845 g/mol. The summed E-state index contributed by atoms with van der Waals surface area (Å²) in [4.78, 5) is 48.3. The first kappa shape index (κ1) is 47.8. The van der Waals surface area contributed by atoms with Gasteiger partial charge in [-0.3, -0.25) is 19.4 Å². The van der Waals surface area contributed by atoms with Gasteiger partial charge in [-0.1, -0.05) is 47.5 Å². The van der Waals surface area contributed by atoms with Gasteiger partial charge in [0.15, 0.2) is 0 Å². The maximum Gasteiger partial charge on any atom is 0.407 e. The van der Waals surface area contributed by atoms with E-state index in [4.69, 9.17) is 31.4 Å². The molecule has 14 nitrogen and oxygen atoms in total. The van der Waals surface area contributed by atoms with Crippen LogP contribution in [-0.2, 0) is 17.8 Å². The first-order valence-electron chi connectivity index (χ1n) is 22.5. The van der Waals surface area contributed by atoms with Gasteiger partial charge in [0.05, 0.1) is 11.4 Å². The van der Waals surface area contributed by atoms with Gasteiger partial charge in [-0.2, -0.15) is 0 Å². The summed E-state index contributed by atoms with van der Waals surface area (Å²) in [7, 11) is 0. The summed E-state index contributed by atoms with van der Waals surface area (Å²) in [6.45, 7) is 14.8. The van der Waals surface area contributed by atoms with Crippen LogP contribution in [-0.4, -0.2) is 81.5 Å². The Kier molecular flexibility index (Phi) is 15.3. The number of carbonyl (C=O) groups excluding carboxylic acids is 3. The Labute approximate surface area is 392 Å². The number of ether oxygens (including phenoxy) is 3. The molecule has 14 heteroatoms. The fourth-order valence-electron chi connectivity index (χ4n) is 8.03. The van der Waals surface area contributed by atoms with Crippen LogP contribution < -0.4 is 32.0 Å². The maximum absolute atomic E-state index is 12.1. The molecule has 6 aromatic rings. The van der Waals surface area contributed by atoms with Gasteiger partial charge >= 0.3 is 6.09 Å². The molecule has 348 valence electrons. The molecule has 2 saturated heterocycles. The van der Waals surface area contributed by atoms with Gasteiger partial charge in [-0.15, -0.1) is 0 Å². The lowest BCUT2D eigenvalue weighted by Gasteiger charge is -2.22. The molecule has 8 rings (SSSR count). The number of hydrogen-bond acceptors (Lipinski definition) is 11. The van der Waals surface area contributed by atoms with E-state index >= 15 is 0 Å². The monoisotopic (exact) mass is 904 g/mol. The number of benzene rings is 4. The maximum atomic E-state index is 12.1. The third kappa shape index (κ3) is 13.7. The predicted molar refractivity (Wildman–Crippen MR) is 260 cm³/mol. The van der Waals surface area contributed by atoms with E-state index in [1.807, 2.05) is 99.6 Å². The Morgan fingerprint density at radius 2 is 1.10 bits per heavy atom. The number of primary amides is 2. The van der Waals surface area contributed by atoms with Crippen molar-refractivity contribution in [1.29, 1.82) is 0 Å². The van der Waals surface area contributed by atoms with E-state index in [9.17, 15) is 14.4 Å². The van der Waals surface area contributed by atoms with Crippen LogP contribution in [0.1, 0.15) is 76.8 Å². The number of nitrogens with two attached hydrogens (primary N) is 3. The van der Waals surface area contributed by atoms with E-state index in [2.05, 4.69) is 57.1 Å². The Bertz CT molecular complexity index is 2680. The van der Waals surface area contributed by atoms with Crippen molar-refractivity contribution in [2.45, 2.75) is 78.2 Å². The minimum Gasteiger partial charge on any atom is -0.457 e. The lowest BCUT2D eigenvalue weighted by molar-refractivity contribution is 0.0505. The topological polar surface area (TPSA) is 201 Å². The van der Waals surface area contributed by atoms with Crippen molar-refractivity contribution in [1.82, 2.24) is 25.1 Å². The second kappa shape index (κ2) is 21.5. The molecule has 4 heterocycles. The lowest BCUT2D eigenvalue weighted by Crippen LogP contribution is -2.40. The lowest BCUT2D eigenvalue weighted by atomic mass is 10.1. The number of likely N-dealkylation sites (tertiary alicyclic amines) is 2. The van der Waals surface area contributed by atoms with Gasteiger partial charge in [0.1, 0.15) is 40.0 Å². The summed E-state index contributed by atoms with van der Waals surface area (Å²) in [5, 5.41) is 2.98. The summed E-state index contributed by atoms with van der Waals surface area (Å²) < 4.78 is 17.9.